The molecule has 3 heterocycles. The average Bonchev–Trinajstić information content (AvgIpc) is 3.06. The van der Waals surface area contributed by atoms with Gasteiger partial charge in [0.1, 0.15) is 4.90 Å². The van der Waals surface area contributed by atoms with Crippen molar-refractivity contribution in [1.29, 1.82) is 0 Å². The fourth-order valence-electron chi connectivity index (χ4n) is 3.11. The molecule has 0 spiro atoms. The van der Waals surface area contributed by atoms with Crippen molar-refractivity contribution in [3.05, 3.63) is 41.0 Å². The zero-order valence-corrected chi connectivity index (χ0v) is 13.8. The van der Waals surface area contributed by atoms with Gasteiger partial charge in [-0.1, -0.05) is 6.07 Å². The van der Waals surface area contributed by atoms with Crippen LogP contribution in [0.4, 0.5) is 0 Å². The number of pyridine rings is 1. The minimum atomic E-state index is -3.57. The highest BCUT2D eigenvalue weighted by Gasteiger charge is 2.39. The number of H-pyrrole nitrogens is 1. The molecule has 1 N–H and O–H groups in total. The fraction of sp³-hybridized carbons (Fsp3) is 0.467. The van der Waals surface area contributed by atoms with E-state index in [9.17, 15) is 8.42 Å². The number of aromatic nitrogens is 3. The zero-order chi connectivity index (χ0) is 15.9. The number of sulfonamides is 1. The summed E-state index contributed by atoms with van der Waals surface area (Å²) in [4.78, 5) is 4.81. The summed E-state index contributed by atoms with van der Waals surface area (Å²) < 4.78 is 27.7. The minimum Gasteiger partial charge on any atom is -0.281 e. The molecule has 0 aliphatic carbocycles. The highest BCUT2D eigenvalue weighted by molar-refractivity contribution is 7.89. The number of nitrogens with one attached hydrogen (secondary N) is 1. The summed E-state index contributed by atoms with van der Waals surface area (Å²) in [5.74, 6) is 0. The maximum atomic E-state index is 13.0. The van der Waals surface area contributed by atoms with Gasteiger partial charge in [0, 0.05) is 12.2 Å². The normalized spacial score (nSPS) is 19.7. The predicted molar refractivity (Wildman–Crippen MR) is 82.9 cm³/mol. The molecule has 0 radical (unpaired) electrons. The summed E-state index contributed by atoms with van der Waals surface area (Å²) in [6.45, 7) is 5.89. The third kappa shape index (κ3) is 2.44. The van der Waals surface area contributed by atoms with Crippen molar-refractivity contribution in [3.8, 4) is 0 Å². The molecule has 1 atom stereocenters. The third-order valence-corrected chi connectivity index (χ3v) is 6.25. The van der Waals surface area contributed by atoms with Crippen molar-refractivity contribution in [2.75, 3.05) is 6.54 Å². The Balaban J connectivity index is 2.03. The SMILES string of the molecule is Cc1cccc(C2CCCN2S(=O)(=O)c2c(C)n[nH]c2C)n1. The van der Waals surface area contributed by atoms with Crippen molar-refractivity contribution >= 4 is 10.0 Å². The lowest BCUT2D eigenvalue weighted by molar-refractivity contribution is 0.389. The van der Waals surface area contributed by atoms with E-state index in [-0.39, 0.29) is 6.04 Å². The summed E-state index contributed by atoms with van der Waals surface area (Å²) in [6, 6.07) is 5.55. The Morgan fingerprint density at radius 1 is 1.27 bits per heavy atom. The lowest BCUT2D eigenvalue weighted by Gasteiger charge is -2.24. The van der Waals surface area contributed by atoms with E-state index in [0.717, 1.165) is 24.2 Å². The van der Waals surface area contributed by atoms with Crippen LogP contribution >= 0.6 is 0 Å². The van der Waals surface area contributed by atoms with Crippen LogP contribution < -0.4 is 0 Å². The standard InChI is InChI=1S/C15H20N4O2S/c1-10-6-4-7-13(16-10)14-8-5-9-19(14)22(20,21)15-11(2)17-18-12(15)3/h4,6-7,14H,5,8-9H2,1-3H3,(H,17,18). The molecule has 1 saturated heterocycles. The smallest absolute Gasteiger partial charge is 0.247 e. The van der Waals surface area contributed by atoms with Crippen LogP contribution in [0.25, 0.3) is 0 Å². The molecular weight excluding hydrogens is 300 g/mol. The van der Waals surface area contributed by atoms with Crippen LogP contribution in [0.15, 0.2) is 23.1 Å². The second-order valence-electron chi connectivity index (χ2n) is 5.74. The highest BCUT2D eigenvalue weighted by Crippen LogP contribution is 2.36. The van der Waals surface area contributed by atoms with Crippen molar-refractivity contribution in [2.24, 2.45) is 0 Å². The van der Waals surface area contributed by atoms with Crippen LogP contribution in [0.3, 0.4) is 0 Å². The monoisotopic (exact) mass is 320 g/mol. The van der Waals surface area contributed by atoms with Gasteiger partial charge in [-0.15, -0.1) is 0 Å². The molecule has 6 nitrogen and oxygen atoms in total. The molecule has 0 saturated carbocycles. The van der Waals surface area contributed by atoms with Crippen LogP contribution in [-0.2, 0) is 10.0 Å². The van der Waals surface area contributed by atoms with Crippen molar-refractivity contribution in [3.63, 3.8) is 0 Å². The summed E-state index contributed by atoms with van der Waals surface area (Å²) >= 11 is 0. The number of hydrogen-bond donors (Lipinski definition) is 1. The molecule has 7 heteroatoms. The highest BCUT2D eigenvalue weighted by atomic mass is 32.2. The predicted octanol–water partition coefficient (Wildman–Crippen LogP) is 2.26. The Kier molecular flexibility index (Phi) is 3.78. The average molecular weight is 320 g/mol. The van der Waals surface area contributed by atoms with E-state index in [0.29, 0.717) is 22.8 Å². The number of nitrogens with zero attached hydrogens (tertiary/aromatic N) is 3. The molecule has 3 rings (SSSR count). The quantitative estimate of drug-likeness (QED) is 0.941. The molecule has 1 unspecified atom stereocenters. The van der Waals surface area contributed by atoms with Gasteiger partial charge >= 0.3 is 0 Å². The Labute approximate surface area is 130 Å². The van der Waals surface area contributed by atoms with E-state index in [1.807, 2.05) is 25.1 Å². The first-order valence-electron chi connectivity index (χ1n) is 7.38. The van der Waals surface area contributed by atoms with Gasteiger partial charge in [0.25, 0.3) is 0 Å². The van der Waals surface area contributed by atoms with Gasteiger partial charge in [-0.05, 0) is 45.7 Å². The molecule has 0 amide bonds. The lowest BCUT2D eigenvalue weighted by atomic mass is 10.1. The Morgan fingerprint density at radius 2 is 2.05 bits per heavy atom. The van der Waals surface area contributed by atoms with E-state index in [4.69, 9.17) is 0 Å². The van der Waals surface area contributed by atoms with E-state index in [1.54, 1.807) is 18.2 Å². The van der Waals surface area contributed by atoms with Crippen molar-refractivity contribution in [1.82, 2.24) is 19.5 Å². The molecule has 0 aromatic carbocycles. The third-order valence-electron chi connectivity index (χ3n) is 4.08. The van der Waals surface area contributed by atoms with Gasteiger partial charge in [0.2, 0.25) is 10.0 Å². The molecular formula is C15H20N4O2S. The zero-order valence-electron chi connectivity index (χ0n) is 13.0. The van der Waals surface area contributed by atoms with Crippen molar-refractivity contribution in [2.45, 2.75) is 44.6 Å². The number of aryl methyl sites for hydroxylation is 3. The Bertz CT molecular complexity index is 778. The number of hydrogen-bond acceptors (Lipinski definition) is 4. The first-order chi connectivity index (χ1) is 10.4. The maximum absolute atomic E-state index is 13.0. The molecule has 1 aliphatic rings. The van der Waals surface area contributed by atoms with Crippen LogP contribution in [0.5, 0.6) is 0 Å². The summed E-state index contributed by atoms with van der Waals surface area (Å²) in [7, 11) is -3.57. The van der Waals surface area contributed by atoms with Crippen LogP contribution in [0.1, 0.15) is 41.7 Å². The van der Waals surface area contributed by atoms with Gasteiger partial charge in [-0.2, -0.15) is 9.40 Å². The van der Waals surface area contributed by atoms with Gasteiger partial charge < -0.3 is 0 Å². The van der Waals surface area contributed by atoms with E-state index >= 15 is 0 Å². The summed E-state index contributed by atoms with van der Waals surface area (Å²) in [6.07, 6.45) is 1.64. The van der Waals surface area contributed by atoms with Gasteiger partial charge in [-0.25, -0.2) is 8.42 Å². The largest absolute Gasteiger partial charge is 0.281 e. The number of aromatic amines is 1. The molecule has 2 aromatic rings. The van der Waals surface area contributed by atoms with E-state index < -0.39 is 10.0 Å². The first-order valence-corrected chi connectivity index (χ1v) is 8.82. The molecule has 0 bridgehead atoms. The van der Waals surface area contributed by atoms with Crippen molar-refractivity contribution < 1.29 is 8.42 Å². The van der Waals surface area contributed by atoms with E-state index in [1.165, 1.54) is 0 Å². The topological polar surface area (TPSA) is 79.0 Å². The molecule has 22 heavy (non-hydrogen) atoms. The molecule has 1 aliphatic heterocycles. The minimum absolute atomic E-state index is 0.196. The van der Waals surface area contributed by atoms with Gasteiger partial charge in [-0.3, -0.25) is 10.1 Å². The van der Waals surface area contributed by atoms with Gasteiger partial charge in [0.15, 0.2) is 0 Å². The Morgan fingerprint density at radius 3 is 2.68 bits per heavy atom. The first kappa shape index (κ1) is 15.2. The second-order valence-corrected chi connectivity index (χ2v) is 7.57. The van der Waals surface area contributed by atoms with Crippen LogP contribution in [0, 0.1) is 20.8 Å². The summed E-state index contributed by atoms with van der Waals surface area (Å²) in [5, 5.41) is 6.78. The Hall–Kier alpha value is -1.73. The van der Waals surface area contributed by atoms with E-state index in [2.05, 4.69) is 15.2 Å². The molecule has 1 fully saturated rings. The van der Waals surface area contributed by atoms with Gasteiger partial charge in [0.05, 0.1) is 23.1 Å². The summed E-state index contributed by atoms with van der Waals surface area (Å²) in [5.41, 5.74) is 2.82. The second kappa shape index (κ2) is 5.48. The number of rotatable bonds is 3. The fourth-order valence-corrected chi connectivity index (χ4v) is 5.12. The van der Waals surface area contributed by atoms with Crippen LogP contribution in [-0.4, -0.2) is 34.4 Å². The molecule has 118 valence electrons. The molecule has 2 aromatic heterocycles. The van der Waals surface area contributed by atoms with Crippen LogP contribution in [0.2, 0.25) is 0 Å². The lowest BCUT2D eigenvalue weighted by Crippen LogP contribution is -2.31. The maximum Gasteiger partial charge on any atom is 0.247 e.